The quantitative estimate of drug-likeness (QED) is 0.629. The Balaban J connectivity index is 0.00000121. The van der Waals surface area contributed by atoms with Crippen LogP contribution in [0.3, 0.4) is 0 Å². The molecule has 3 atom stereocenters. The molecule has 2 aromatic rings. The predicted molar refractivity (Wildman–Crippen MR) is 76.7 cm³/mol. The average molecular weight is 441 g/mol. The van der Waals surface area contributed by atoms with Gasteiger partial charge in [0.25, 0.3) is 0 Å². The van der Waals surface area contributed by atoms with E-state index in [1.54, 1.807) is 0 Å². The van der Waals surface area contributed by atoms with E-state index in [0.29, 0.717) is 0 Å². The fourth-order valence-electron chi connectivity index (χ4n) is 4.03. The number of hydrogen-bond acceptors (Lipinski definition) is 1. The smallest absolute Gasteiger partial charge is 0.0163 e. The fraction of sp³-hybridized carbons (Fsp3) is 0.389. The minimum Gasteiger partial charge on any atom is -0.305 e. The summed E-state index contributed by atoms with van der Waals surface area (Å²) < 4.78 is 0. The van der Waals surface area contributed by atoms with Crippen molar-refractivity contribution in [3.05, 3.63) is 54.2 Å². The largest absolute Gasteiger partial charge is 0.305 e. The van der Waals surface area contributed by atoms with Crippen LogP contribution < -0.4 is 0 Å². The van der Waals surface area contributed by atoms with Gasteiger partial charge in [-0.1, -0.05) is 18.1 Å². The van der Waals surface area contributed by atoms with E-state index in [0.717, 1.165) is 29.0 Å². The van der Waals surface area contributed by atoms with Crippen LogP contribution in [0.1, 0.15) is 37.2 Å². The summed E-state index contributed by atoms with van der Waals surface area (Å²) in [6.45, 7) is 0. The third-order valence-corrected chi connectivity index (χ3v) is 4.94. The third kappa shape index (κ3) is 2.47. The molecule has 2 aliphatic rings. The molecule has 3 unspecified atom stereocenters. The molecule has 20 heavy (non-hydrogen) atoms. The Morgan fingerprint density at radius 1 is 1.10 bits per heavy atom. The van der Waals surface area contributed by atoms with Crippen LogP contribution in [0, 0.1) is 17.9 Å². The van der Waals surface area contributed by atoms with Gasteiger partial charge in [0.2, 0.25) is 0 Å². The maximum atomic E-state index is 4.51. The van der Waals surface area contributed by atoms with Gasteiger partial charge in [-0.05, 0) is 48.8 Å². The first-order chi connectivity index (χ1) is 9.40. The molecule has 2 heteroatoms. The van der Waals surface area contributed by atoms with Crippen molar-refractivity contribution in [2.24, 2.45) is 11.8 Å². The molecule has 1 radical (unpaired) electrons. The van der Waals surface area contributed by atoms with Gasteiger partial charge in [0.1, 0.15) is 0 Å². The zero-order chi connectivity index (χ0) is 12.7. The SMILES string of the molecule is [Ir].[c-]1ccccc1-c1cc(C2CC3CCC2C3)ccn1. The number of fused-ring (bicyclic) bond motifs is 2. The van der Waals surface area contributed by atoms with E-state index < -0.39 is 0 Å². The molecule has 2 saturated carbocycles. The standard InChI is InChI=1S/C18H18N.Ir/c1-2-4-14(5-3-1)18-12-16(8-9-19-18)17-11-13-6-7-15(17)10-13;/h1-4,8-9,12-13,15,17H,6-7,10-11H2;/q-1;. The number of aromatic nitrogens is 1. The Morgan fingerprint density at radius 2 is 2.05 bits per heavy atom. The molecule has 4 rings (SSSR count). The first-order valence-electron chi connectivity index (χ1n) is 7.33. The Labute approximate surface area is 134 Å². The summed E-state index contributed by atoms with van der Waals surface area (Å²) >= 11 is 0. The third-order valence-electron chi connectivity index (χ3n) is 4.94. The fourth-order valence-corrected chi connectivity index (χ4v) is 4.03. The Hall–Kier alpha value is -0.981. The summed E-state index contributed by atoms with van der Waals surface area (Å²) in [6.07, 6.45) is 7.72. The molecule has 1 aromatic heterocycles. The molecule has 1 aromatic carbocycles. The summed E-state index contributed by atoms with van der Waals surface area (Å²) in [5.41, 5.74) is 3.67. The van der Waals surface area contributed by atoms with Crippen molar-refractivity contribution in [1.82, 2.24) is 4.98 Å². The first kappa shape index (κ1) is 14.0. The van der Waals surface area contributed by atoms with Crippen molar-refractivity contribution in [2.45, 2.75) is 31.6 Å². The molecule has 1 heterocycles. The van der Waals surface area contributed by atoms with Gasteiger partial charge in [0, 0.05) is 26.3 Å². The zero-order valence-corrected chi connectivity index (χ0v) is 13.8. The van der Waals surface area contributed by atoms with Gasteiger partial charge in [-0.15, -0.1) is 35.9 Å². The summed E-state index contributed by atoms with van der Waals surface area (Å²) in [5.74, 6) is 2.71. The van der Waals surface area contributed by atoms with Crippen molar-refractivity contribution >= 4 is 0 Å². The number of hydrogen-bond donors (Lipinski definition) is 0. The van der Waals surface area contributed by atoms with Crippen LogP contribution in [-0.4, -0.2) is 4.98 Å². The second-order valence-electron chi connectivity index (χ2n) is 6.03. The molecule has 0 aliphatic heterocycles. The number of pyridine rings is 1. The van der Waals surface area contributed by atoms with Gasteiger partial charge in [-0.3, -0.25) is 0 Å². The van der Waals surface area contributed by atoms with Crippen LogP contribution in [0.5, 0.6) is 0 Å². The molecule has 0 amide bonds. The number of benzene rings is 1. The minimum absolute atomic E-state index is 0. The maximum Gasteiger partial charge on any atom is 0.0163 e. The van der Waals surface area contributed by atoms with Crippen molar-refractivity contribution in [2.75, 3.05) is 0 Å². The van der Waals surface area contributed by atoms with Gasteiger partial charge in [-0.25, -0.2) is 0 Å². The van der Waals surface area contributed by atoms with E-state index in [-0.39, 0.29) is 20.1 Å². The molecular weight excluding hydrogens is 422 g/mol. The van der Waals surface area contributed by atoms with E-state index >= 15 is 0 Å². The van der Waals surface area contributed by atoms with Gasteiger partial charge in [0.05, 0.1) is 0 Å². The van der Waals surface area contributed by atoms with Crippen molar-refractivity contribution in [3.8, 4) is 11.3 Å². The monoisotopic (exact) mass is 441 g/mol. The minimum atomic E-state index is 0. The van der Waals surface area contributed by atoms with Gasteiger partial charge < -0.3 is 4.98 Å². The van der Waals surface area contributed by atoms with E-state index in [1.165, 1.54) is 31.2 Å². The second kappa shape index (κ2) is 5.79. The normalized spacial score (nSPS) is 27.3. The zero-order valence-electron chi connectivity index (χ0n) is 11.4. The molecule has 2 aliphatic carbocycles. The average Bonchev–Trinajstić information content (AvgIpc) is 3.11. The summed E-state index contributed by atoms with van der Waals surface area (Å²) in [4.78, 5) is 4.51. The van der Waals surface area contributed by atoms with E-state index in [4.69, 9.17) is 0 Å². The summed E-state index contributed by atoms with van der Waals surface area (Å²) in [5, 5.41) is 0. The topological polar surface area (TPSA) is 12.9 Å². The van der Waals surface area contributed by atoms with Gasteiger partial charge in [-0.2, -0.15) is 0 Å². The first-order valence-corrected chi connectivity index (χ1v) is 7.33. The molecular formula is C18H18IrN-. The Morgan fingerprint density at radius 3 is 2.75 bits per heavy atom. The van der Waals surface area contributed by atoms with Crippen molar-refractivity contribution < 1.29 is 20.1 Å². The molecule has 2 bridgehead atoms. The molecule has 2 fully saturated rings. The Bertz CT molecular complexity index is 581. The van der Waals surface area contributed by atoms with Crippen molar-refractivity contribution in [3.63, 3.8) is 0 Å². The van der Waals surface area contributed by atoms with E-state index in [9.17, 15) is 0 Å². The molecule has 0 spiro atoms. The number of nitrogens with zero attached hydrogens (tertiary/aromatic N) is 1. The summed E-state index contributed by atoms with van der Waals surface area (Å²) in [7, 11) is 0. The molecule has 0 N–H and O–H groups in total. The predicted octanol–water partition coefficient (Wildman–Crippen LogP) is 4.45. The Kier molecular flexibility index (Phi) is 4.05. The van der Waals surface area contributed by atoms with E-state index in [2.05, 4.69) is 35.3 Å². The van der Waals surface area contributed by atoms with Crippen LogP contribution in [0.25, 0.3) is 11.3 Å². The van der Waals surface area contributed by atoms with Crippen LogP contribution in [-0.2, 0) is 20.1 Å². The van der Waals surface area contributed by atoms with Gasteiger partial charge in [0.15, 0.2) is 0 Å². The summed E-state index contributed by atoms with van der Waals surface area (Å²) in [6, 6.07) is 15.9. The van der Waals surface area contributed by atoms with Crippen LogP contribution in [0.2, 0.25) is 0 Å². The molecule has 0 saturated heterocycles. The van der Waals surface area contributed by atoms with E-state index in [1.807, 2.05) is 18.3 Å². The molecule has 1 nitrogen and oxygen atoms in total. The van der Waals surface area contributed by atoms with Crippen molar-refractivity contribution in [1.29, 1.82) is 0 Å². The van der Waals surface area contributed by atoms with Crippen LogP contribution >= 0.6 is 0 Å². The second-order valence-corrected chi connectivity index (χ2v) is 6.03. The van der Waals surface area contributed by atoms with Crippen LogP contribution in [0.4, 0.5) is 0 Å². The number of rotatable bonds is 2. The van der Waals surface area contributed by atoms with Crippen LogP contribution in [0.15, 0.2) is 42.6 Å². The maximum absolute atomic E-state index is 4.51. The van der Waals surface area contributed by atoms with Gasteiger partial charge >= 0.3 is 0 Å². The molecule has 105 valence electrons.